The van der Waals surface area contributed by atoms with Crippen molar-refractivity contribution >= 4 is 18.4 Å². The molecule has 0 spiro atoms. The van der Waals surface area contributed by atoms with E-state index in [1.807, 2.05) is 6.07 Å². The number of carboxylic acid groups (broad SMARTS) is 1. The molecule has 112 valence electrons. The summed E-state index contributed by atoms with van der Waals surface area (Å²) in [4.78, 5) is 13.1. The molecule has 0 atom stereocenters. The third-order valence-electron chi connectivity index (χ3n) is 4.56. The zero-order chi connectivity index (χ0) is 13.9. The molecule has 0 aromatic heterocycles. The second-order valence-electron chi connectivity index (χ2n) is 5.83. The number of nitrogens with zero attached hydrogens (tertiary/aromatic N) is 1. The smallest absolute Gasteiger partial charge is 0.303 e. The van der Waals surface area contributed by atoms with Crippen LogP contribution in [0.25, 0.3) is 0 Å². The van der Waals surface area contributed by atoms with E-state index < -0.39 is 5.97 Å². The molecule has 1 aromatic carbocycles. The molecule has 1 aliphatic rings. The molecular weight excluding hydrogens is 274 g/mol. The van der Waals surface area contributed by atoms with Crippen LogP contribution in [0.4, 0.5) is 0 Å². The van der Waals surface area contributed by atoms with Crippen molar-refractivity contribution < 1.29 is 9.90 Å². The zero-order valence-corrected chi connectivity index (χ0v) is 13.0. The standard InChI is InChI=1S/C16H23NO2.ClH/c1-17(2)16(14-6-4-3-5-7-14)10-8-13(9-11-16)12-15(18)19;/h3-7,13H,8-12H2,1-2H3,(H,18,19);1H. The van der Waals surface area contributed by atoms with Crippen molar-refractivity contribution in [3.8, 4) is 0 Å². The van der Waals surface area contributed by atoms with Gasteiger partial charge in [-0.1, -0.05) is 30.3 Å². The first kappa shape index (κ1) is 17.0. The summed E-state index contributed by atoms with van der Waals surface area (Å²) in [5.41, 5.74) is 1.43. The van der Waals surface area contributed by atoms with Gasteiger partial charge in [-0.05, 0) is 51.3 Å². The molecule has 1 saturated carbocycles. The minimum absolute atomic E-state index is 0. The molecular formula is C16H24ClNO2. The van der Waals surface area contributed by atoms with Crippen molar-refractivity contribution in [2.75, 3.05) is 14.1 Å². The second-order valence-corrected chi connectivity index (χ2v) is 5.83. The van der Waals surface area contributed by atoms with Gasteiger partial charge in [0.2, 0.25) is 0 Å². The maximum Gasteiger partial charge on any atom is 0.303 e. The van der Waals surface area contributed by atoms with Crippen LogP contribution in [0.2, 0.25) is 0 Å². The summed E-state index contributed by atoms with van der Waals surface area (Å²) in [6.07, 6.45) is 4.40. The van der Waals surface area contributed by atoms with Crippen molar-refractivity contribution in [1.29, 1.82) is 0 Å². The maximum atomic E-state index is 10.8. The molecule has 2 rings (SSSR count). The highest BCUT2D eigenvalue weighted by molar-refractivity contribution is 5.85. The van der Waals surface area contributed by atoms with Gasteiger partial charge in [-0.25, -0.2) is 0 Å². The first-order chi connectivity index (χ1) is 9.04. The molecule has 0 amide bonds. The third-order valence-corrected chi connectivity index (χ3v) is 4.56. The van der Waals surface area contributed by atoms with E-state index >= 15 is 0 Å². The van der Waals surface area contributed by atoms with Gasteiger partial charge in [-0.15, -0.1) is 12.4 Å². The number of carbonyl (C=O) groups is 1. The van der Waals surface area contributed by atoms with Crippen LogP contribution in [0.3, 0.4) is 0 Å². The highest BCUT2D eigenvalue weighted by atomic mass is 35.5. The van der Waals surface area contributed by atoms with Crippen molar-refractivity contribution in [2.24, 2.45) is 5.92 Å². The van der Waals surface area contributed by atoms with E-state index in [0.717, 1.165) is 25.7 Å². The fraction of sp³-hybridized carbons (Fsp3) is 0.562. The van der Waals surface area contributed by atoms with Gasteiger partial charge in [0.05, 0.1) is 0 Å². The van der Waals surface area contributed by atoms with Crippen LogP contribution in [-0.4, -0.2) is 30.1 Å². The van der Waals surface area contributed by atoms with Crippen LogP contribution in [0.1, 0.15) is 37.7 Å². The molecule has 0 heterocycles. The van der Waals surface area contributed by atoms with Crippen molar-refractivity contribution in [3.05, 3.63) is 35.9 Å². The van der Waals surface area contributed by atoms with Gasteiger partial charge >= 0.3 is 5.97 Å². The Hall–Kier alpha value is -1.06. The lowest BCUT2D eigenvalue weighted by molar-refractivity contribution is -0.138. The Kier molecular flexibility index (Phi) is 6.03. The van der Waals surface area contributed by atoms with E-state index in [2.05, 4.69) is 43.3 Å². The first-order valence-electron chi connectivity index (χ1n) is 6.99. The highest BCUT2D eigenvalue weighted by Crippen LogP contribution is 2.43. The van der Waals surface area contributed by atoms with E-state index in [1.165, 1.54) is 5.56 Å². The van der Waals surface area contributed by atoms with E-state index in [0.29, 0.717) is 12.3 Å². The Morgan fingerprint density at radius 1 is 1.25 bits per heavy atom. The van der Waals surface area contributed by atoms with E-state index in [4.69, 9.17) is 5.11 Å². The van der Waals surface area contributed by atoms with Crippen LogP contribution >= 0.6 is 12.4 Å². The maximum absolute atomic E-state index is 10.8. The minimum Gasteiger partial charge on any atom is -0.481 e. The molecule has 0 saturated heterocycles. The predicted octanol–water partition coefficient (Wildman–Crippen LogP) is 3.53. The van der Waals surface area contributed by atoms with Gasteiger partial charge in [0.15, 0.2) is 0 Å². The summed E-state index contributed by atoms with van der Waals surface area (Å²) >= 11 is 0. The lowest BCUT2D eigenvalue weighted by atomic mass is 9.71. The molecule has 0 unspecified atom stereocenters. The van der Waals surface area contributed by atoms with Gasteiger partial charge in [0.25, 0.3) is 0 Å². The Morgan fingerprint density at radius 2 is 1.80 bits per heavy atom. The molecule has 1 fully saturated rings. The molecule has 3 nitrogen and oxygen atoms in total. The van der Waals surface area contributed by atoms with Gasteiger partial charge in [-0.3, -0.25) is 9.69 Å². The quantitative estimate of drug-likeness (QED) is 0.924. The molecule has 0 radical (unpaired) electrons. The number of halogens is 1. The second kappa shape index (κ2) is 7.09. The summed E-state index contributed by atoms with van der Waals surface area (Å²) < 4.78 is 0. The fourth-order valence-corrected chi connectivity index (χ4v) is 3.35. The minimum atomic E-state index is -0.665. The normalized spacial score (nSPS) is 26.1. The molecule has 1 aromatic rings. The number of hydrogen-bond acceptors (Lipinski definition) is 2. The van der Waals surface area contributed by atoms with Gasteiger partial charge in [0.1, 0.15) is 0 Å². The predicted molar refractivity (Wildman–Crippen MR) is 83.3 cm³/mol. The van der Waals surface area contributed by atoms with Crippen LogP contribution in [0.5, 0.6) is 0 Å². The highest BCUT2D eigenvalue weighted by Gasteiger charge is 2.38. The number of rotatable bonds is 4. The first-order valence-corrected chi connectivity index (χ1v) is 6.99. The van der Waals surface area contributed by atoms with Crippen LogP contribution in [0.15, 0.2) is 30.3 Å². The summed E-state index contributed by atoms with van der Waals surface area (Å²) in [5, 5.41) is 8.91. The Balaban J connectivity index is 0.00000200. The lowest BCUT2D eigenvalue weighted by Gasteiger charge is -2.45. The molecule has 4 heteroatoms. The average Bonchev–Trinajstić information content (AvgIpc) is 2.40. The summed E-state index contributed by atoms with van der Waals surface area (Å²) in [6, 6.07) is 10.6. The number of carboxylic acids is 1. The fourth-order valence-electron chi connectivity index (χ4n) is 3.35. The number of hydrogen-bond donors (Lipinski definition) is 1. The van der Waals surface area contributed by atoms with Crippen LogP contribution < -0.4 is 0 Å². The van der Waals surface area contributed by atoms with E-state index in [-0.39, 0.29) is 17.9 Å². The monoisotopic (exact) mass is 297 g/mol. The molecule has 0 aliphatic heterocycles. The SMILES string of the molecule is CN(C)C1(c2ccccc2)CCC(CC(=O)O)CC1.Cl. The Morgan fingerprint density at radius 3 is 2.25 bits per heavy atom. The van der Waals surface area contributed by atoms with E-state index in [1.54, 1.807) is 0 Å². The third kappa shape index (κ3) is 3.53. The van der Waals surface area contributed by atoms with Crippen molar-refractivity contribution in [1.82, 2.24) is 4.90 Å². The van der Waals surface area contributed by atoms with Crippen molar-refractivity contribution in [3.63, 3.8) is 0 Å². The number of benzene rings is 1. The summed E-state index contributed by atoms with van der Waals surface area (Å²) in [5.74, 6) is -0.323. The Bertz CT molecular complexity index is 425. The topological polar surface area (TPSA) is 40.5 Å². The van der Waals surface area contributed by atoms with E-state index in [9.17, 15) is 4.79 Å². The van der Waals surface area contributed by atoms with Gasteiger partial charge in [0, 0.05) is 12.0 Å². The zero-order valence-electron chi connectivity index (χ0n) is 12.2. The molecule has 0 bridgehead atoms. The van der Waals surface area contributed by atoms with Crippen LogP contribution in [0, 0.1) is 5.92 Å². The van der Waals surface area contributed by atoms with Gasteiger partial charge < -0.3 is 5.11 Å². The number of aliphatic carboxylic acids is 1. The molecule has 1 N–H and O–H groups in total. The average molecular weight is 298 g/mol. The van der Waals surface area contributed by atoms with Gasteiger partial charge in [-0.2, -0.15) is 0 Å². The molecule has 1 aliphatic carbocycles. The molecule has 20 heavy (non-hydrogen) atoms. The van der Waals surface area contributed by atoms with Crippen molar-refractivity contribution in [2.45, 2.75) is 37.6 Å². The largest absolute Gasteiger partial charge is 0.481 e. The summed E-state index contributed by atoms with van der Waals surface area (Å²) in [7, 11) is 4.26. The lowest BCUT2D eigenvalue weighted by Crippen LogP contribution is -2.44. The summed E-state index contributed by atoms with van der Waals surface area (Å²) in [6.45, 7) is 0. The van der Waals surface area contributed by atoms with Crippen LogP contribution in [-0.2, 0) is 10.3 Å². The Labute approximate surface area is 127 Å².